The van der Waals surface area contributed by atoms with Crippen molar-refractivity contribution in [2.45, 2.75) is 32.9 Å². The average Bonchev–Trinajstić information content (AvgIpc) is 3.32. The molecule has 134 valence electrons. The largest absolute Gasteiger partial charge is 0.489 e. The Bertz CT molecular complexity index is 834. The zero-order valence-electron chi connectivity index (χ0n) is 15.3. The molecule has 1 aliphatic rings. The Hall–Kier alpha value is -2.59. The predicted molar refractivity (Wildman–Crippen MR) is 104 cm³/mol. The molecule has 1 saturated heterocycles. The normalized spacial score (nSPS) is 14.7. The van der Waals surface area contributed by atoms with E-state index in [0.717, 1.165) is 18.0 Å². The van der Waals surface area contributed by atoms with Crippen LogP contribution in [-0.4, -0.2) is 27.5 Å². The van der Waals surface area contributed by atoms with E-state index in [1.165, 1.54) is 42.9 Å². The van der Waals surface area contributed by atoms with Gasteiger partial charge < -0.3 is 9.30 Å². The predicted octanol–water partition coefficient (Wildman–Crippen LogP) is 4.36. The summed E-state index contributed by atoms with van der Waals surface area (Å²) in [6.45, 7) is 6.08. The summed E-state index contributed by atoms with van der Waals surface area (Å²) in [5.41, 5.74) is 4.69. The Kier molecular flexibility index (Phi) is 5.02. The monoisotopic (exact) mass is 347 g/mol. The first-order valence-corrected chi connectivity index (χ1v) is 9.32. The Balaban J connectivity index is 1.42. The fraction of sp³-hybridized carbons (Fsp3) is 0.318. The van der Waals surface area contributed by atoms with Crippen LogP contribution in [0.5, 0.6) is 5.75 Å². The van der Waals surface area contributed by atoms with Crippen LogP contribution in [0.1, 0.15) is 29.8 Å². The summed E-state index contributed by atoms with van der Waals surface area (Å²) in [4.78, 5) is 7.13. The van der Waals surface area contributed by atoms with E-state index in [4.69, 9.17) is 4.74 Å². The number of nitrogens with zero attached hydrogens (tertiary/aromatic N) is 3. The Morgan fingerprint density at radius 1 is 0.962 bits per heavy atom. The van der Waals surface area contributed by atoms with Gasteiger partial charge in [0.15, 0.2) is 0 Å². The lowest BCUT2D eigenvalue weighted by atomic mass is 10.2. The van der Waals surface area contributed by atoms with Crippen LogP contribution in [-0.2, 0) is 13.2 Å². The smallest absolute Gasteiger partial charge is 0.119 e. The Morgan fingerprint density at radius 3 is 2.42 bits per heavy atom. The summed E-state index contributed by atoms with van der Waals surface area (Å²) in [5, 5.41) is 0. The highest BCUT2D eigenvalue weighted by Crippen LogP contribution is 2.21. The number of likely N-dealkylation sites (tertiary alicyclic amines) is 1. The van der Waals surface area contributed by atoms with E-state index in [-0.39, 0.29) is 0 Å². The number of hydrogen-bond acceptors (Lipinski definition) is 3. The van der Waals surface area contributed by atoms with Gasteiger partial charge in [0.1, 0.15) is 12.4 Å². The molecule has 1 fully saturated rings. The molecule has 2 aromatic carbocycles. The Labute approximate surface area is 155 Å². The van der Waals surface area contributed by atoms with Crippen molar-refractivity contribution in [1.82, 2.24) is 14.5 Å². The van der Waals surface area contributed by atoms with Crippen LogP contribution in [0.15, 0.2) is 60.9 Å². The van der Waals surface area contributed by atoms with Crippen molar-refractivity contribution in [3.63, 3.8) is 0 Å². The standard InChI is InChI=1S/C22H25N3O/c1-18-22(15-24-13-5-6-14-24)23-17-25(18)20-9-11-21(12-10-20)26-16-19-7-3-2-4-8-19/h2-4,7-12,17H,5-6,13-16H2,1H3. The van der Waals surface area contributed by atoms with E-state index < -0.39 is 0 Å². The van der Waals surface area contributed by atoms with Crippen LogP contribution in [0, 0.1) is 6.92 Å². The third-order valence-electron chi connectivity index (χ3n) is 5.04. The van der Waals surface area contributed by atoms with Crippen molar-refractivity contribution < 1.29 is 4.74 Å². The molecule has 4 rings (SSSR count). The van der Waals surface area contributed by atoms with E-state index in [0.29, 0.717) is 6.61 Å². The highest BCUT2D eigenvalue weighted by Gasteiger charge is 2.16. The molecular weight excluding hydrogens is 322 g/mol. The molecule has 0 unspecified atom stereocenters. The molecule has 1 aromatic heterocycles. The zero-order valence-corrected chi connectivity index (χ0v) is 15.3. The molecule has 2 heterocycles. The molecule has 0 amide bonds. The van der Waals surface area contributed by atoms with Crippen molar-refractivity contribution in [2.24, 2.45) is 0 Å². The molecule has 4 nitrogen and oxygen atoms in total. The van der Waals surface area contributed by atoms with Crippen LogP contribution in [0.3, 0.4) is 0 Å². The highest BCUT2D eigenvalue weighted by molar-refractivity contribution is 5.39. The first kappa shape index (κ1) is 16.9. The van der Waals surface area contributed by atoms with Gasteiger partial charge >= 0.3 is 0 Å². The summed E-state index contributed by atoms with van der Waals surface area (Å²) < 4.78 is 8.03. The maximum Gasteiger partial charge on any atom is 0.119 e. The van der Waals surface area contributed by atoms with E-state index in [2.05, 4.69) is 45.6 Å². The first-order valence-electron chi connectivity index (χ1n) is 9.32. The summed E-state index contributed by atoms with van der Waals surface area (Å²) in [5.74, 6) is 0.882. The molecule has 0 spiro atoms. The molecule has 26 heavy (non-hydrogen) atoms. The number of ether oxygens (including phenoxy) is 1. The molecule has 0 bridgehead atoms. The molecule has 0 saturated carbocycles. The first-order chi connectivity index (χ1) is 12.8. The topological polar surface area (TPSA) is 30.3 Å². The second kappa shape index (κ2) is 7.75. The molecule has 0 radical (unpaired) electrons. The molecule has 0 N–H and O–H groups in total. The van der Waals surface area contributed by atoms with Crippen molar-refractivity contribution in [2.75, 3.05) is 13.1 Å². The van der Waals surface area contributed by atoms with Gasteiger partial charge in [-0.1, -0.05) is 30.3 Å². The quantitative estimate of drug-likeness (QED) is 0.664. The van der Waals surface area contributed by atoms with Gasteiger partial charge in [-0.3, -0.25) is 4.90 Å². The lowest BCUT2D eigenvalue weighted by Crippen LogP contribution is -2.19. The number of imidazole rings is 1. The van der Waals surface area contributed by atoms with Gasteiger partial charge in [0.05, 0.1) is 12.0 Å². The van der Waals surface area contributed by atoms with Crippen LogP contribution < -0.4 is 4.74 Å². The number of benzene rings is 2. The van der Waals surface area contributed by atoms with Gasteiger partial charge in [-0.2, -0.15) is 0 Å². The third kappa shape index (κ3) is 3.81. The van der Waals surface area contributed by atoms with Gasteiger partial charge in [-0.05, 0) is 62.7 Å². The minimum atomic E-state index is 0.588. The number of rotatable bonds is 6. The lowest BCUT2D eigenvalue weighted by molar-refractivity contribution is 0.306. The number of aromatic nitrogens is 2. The lowest BCUT2D eigenvalue weighted by Gasteiger charge is -2.14. The third-order valence-corrected chi connectivity index (χ3v) is 5.04. The summed E-state index contributed by atoms with van der Waals surface area (Å²) in [6, 6.07) is 18.5. The maximum absolute atomic E-state index is 5.88. The molecule has 1 aliphatic heterocycles. The van der Waals surface area contributed by atoms with Crippen molar-refractivity contribution in [3.05, 3.63) is 77.9 Å². The molecule has 0 atom stereocenters. The summed E-state index contributed by atoms with van der Waals surface area (Å²) >= 11 is 0. The van der Waals surface area contributed by atoms with Gasteiger partial charge in [0, 0.05) is 17.9 Å². The van der Waals surface area contributed by atoms with Crippen molar-refractivity contribution in [1.29, 1.82) is 0 Å². The van der Waals surface area contributed by atoms with E-state index in [9.17, 15) is 0 Å². The van der Waals surface area contributed by atoms with Crippen LogP contribution in [0.2, 0.25) is 0 Å². The molecular formula is C22H25N3O. The molecule has 3 aromatic rings. The SMILES string of the molecule is Cc1c(CN2CCCC2)ncn1-c1ccc(OCc2ccccc2)cc1. The van der Waals surface area contributed by atoms with Gasteiger partial charge in [-0.25, -0.2) is 4.98 Å². The van der Waals surface area contributed by atoms with Gasteiger partial charge in [-0.15, -0.1) is 0 Å². The zero-order chi connectivity index (χ0) is 17.8. The fourth-order valence-corrected chi connectivity index (χ4v) is 3.46. The summed E-state index contributed by atoms with van der Waals surface area (Å²) in [6.07, 6.45) is 4.55. The average molecular weight is 347 g/mol. The minimum Gasteiger partial charge on any atom is -0.489 e. The van der Waals surface area contributed by atoms with Crippen LogP contribution in [0.25, 0.3) is 5.69 Å². The minimum absolute atomic E-state index is 0.588. The second-order valence-corrected chi connectivity index (χ2v) is 6.90. The maximum atomic E-state index is 5.88. The van der Waals surface area contributed by atoms with Crippen molar-refractivity contribution in [3.8, 4) is 11.4 Å². The van der Waals surface area contributed by atoms with E-state index in [1.54, 1.807) is 0 Å². The second-order valence-electron chi connectivity index (χ2n) is 6.90. The number of hydrogen-bond donors (Lipinski definition) is 0. The Morgan fingerprint density at radius 2 is 1.69 bits per heavy atom. The van der Waals surface area contributed by atoms with Gasteiger partial charge in [0.25, 0.3) is 0 Å². The van der Waals surface area contributed by atoms with Crippen molar-refractivity contribution >= 4 is 0 Å². The molecule has 0 aliphatic carbocycles. The van der Waals surface area contributed by atoms with Crippen LogP contribution in [0.4, 0.5) is 0 Å². The van der Waals surface area contributed by atoms with Crippen LogP contribution >= 0.6 is 0 Å². The van der Waals surface area contributed by atoms with Gasteiger partial charge in [0.2, 0.25) is 0 Å². The summed E-state index contributed by atoms with van der Waals surface area (Å²) in [7, 11) is 0. The fourth-order valence-electron chi connectivity index (χ4n) is 3.46. The highest BCUT2D eigenvalue weighted by atomic mass is 16.5. The van der Waals surface area contributed by atoms with E-state index in [1.807, 2.05) is 36.7 Å². The van der Waals surface area contributed by atoms with E-state index >= 15 is 0 Å². The molecule has 4 heteroatoms.